The summed E-state index contributed by atoms with van der Waals surface area (Å²) in [7, 11) is 1.48. The van der Waals surface area contributed by atoms with Crippen molar-refractivity contribution >= 4 is 29.0 Å². The van der Waals surface area contributed by atoms with Crippen molar-refractivity contribution in [3.63, 3.8) is 0 Å². The van der Waals surface area contributed by atoms with Crippen molar-refractivity contribution in [1.82, 2.24) is 9.80 Å². The minimum absolute atomic E-state index is 0.108. The van der Waals surface area contributed by atoms with E-state index in [1.54, 1.807) is 23.1 Å². The maximum atomic E-state index is 15.2. The van der Waals surface area contributed by atoms with Crippen LogP contribution in [0.15, 0.2) is 127 Å². The van der Waals surface area contributed by atoms with Gasteiger partial charge in [0, 0.05) is 48.6 Å². The zero-order valence-electron chi connectivity index (χ0n) is 30.8. The maximum absolute atomic E-state index is 15.2. The van der Waals surface area contributed by atoms with Crippen LogP contribution in [0.1, 0.15) is 53.9 Å². The molecule has 4 aromatic rings. The summed E-state index contributed by atoms with van der Waals surface area (Å²) in [5.74, 6) is -3.98. The van der Waals surface area contributed by atoms with Gasteiger partial charge in [-0.05, 0) is 60.4 Å². The largest absolute Gasteiger partial charge is 0.504 e. The molecule has 0 bridgehead atoms. The summed E-state index contributed by atoms with van der Waals surface area (Å²) in [6, 6.07) is 34.0. The number of carbonyl (C=O) groups excluding carboxylic acids is 4. The first-order valence-corrected chi connectivity index (χ1v) is 19.4. The monoisotopic (exact) mass is 732 g/mol. The van der Waals surface area contributed by atoms with Crippen molar-refractivity contribution < 1.29 is 29.0 Å². The first-order chi connectivity index (χ1) is 26.8. The number of ether oxygens (including phenoxy) is 1. The smallest absolute Gasteiger partial charge is 0.233 e. The Kier molecular flexibility index (Phi) is 8.89. The summed E-state index contributed by atoms with van der Waals surface area (Å²) >= 11 is 0. The highest BCUT2D eigenvalue weighted by Crippen LogP contribution is 2.65. The number of nitrogens with zero attached hydrogens (tertiary/aromatic N) is 2. The predicted molar refractivity (Wildman–Crippen MR) is 208 cm³/mol. The highest BCUT2D eigenvalue weighted by atomic mass is 16.5. The molecule has 9 rings (SSSR count). The van der Waals surface area contributed by atoms with E-state index in [0.717, 1.165) is 25.2 Å². The molecule has 5 aliphatic rings. The number of carbonyl (C=O) groups is 4. The zero-order chi connectivity index (χ0) is 37.8. The van der Waals surface area contributed by atoms with Crippen molar-refractivity contribution in [1.29, 1.82) is 0 Å². The van der Waals surface area contributed by atoms with Gasteiger partial charge in [-0.3, -0.25) is 29.0 Å². The summed E-state index contributed by atoms with van der Waals surface area (Å²) in [5, 5.41) is 11.9. The van der Waals surface area contributed by atoms with Crippen LogP contribution in [0.2, 0.25) is 0 Å². The molecule has 2 saturated heterocycles. The number of amides is 2. The van der Waals surface area contributed by atoms with Crippen molar-refractivity contribution in [2.75, 3.05) is 20.2 Å². The summed E-state index contributed by atoms with van der Waals surface area (Å²) in [5.41, 5.74) is 2.76. The van der Waals surface area contributed by atoms with Gasteiger partial charge in [0.1, 0.15) is 0 Å². The van der Waals surface area contributed by atoms with E-state index in [9.17, 15) is 14.7 Å². The van der Waals surface area contributed by atoms with E-state index in [0.29, 0.717) is 41.5 Å². The quantitative estimate of drug-likeness (QED) is 0.163. The van der Waals surface area contributed by atoms with Gasteiger partial charge in [0.15, 0.2) is 23.1 Å². The molecular weight excluding hydrogens is 689 g/mol. The second-order valence-electron chi connectivity index (χ2n) is 15.7. The van der Waals surface area contributed by atoms with E-state index >= 15 is 9.59 Å². The molecule has 2 heterocycles. The second kappa shape index (κ2) is 13.9. The number of rotatable bonds is 7. The van der Waals surface area contributed by atoms with Gasteiger partial charge in [-0.15, -0.1) is 0 Å². The summed E-state index contributed by atoms with van der Waals surface area (Å²) < 4.78 is 5.59. The minimum atomic E-state index is -1.42. The molecular formula is C47H44N2O6. The fourth-order valence-electron chi connectivity index (χ4n) is 10.7. The van der Waals surface area contributed by atoms with Crippen molar-refractivity contribution in [2.45, 2.75) is 49.6 Å². The molecule has 1 saturated carbocycles. The molecule has 0 radical (unpaired) electrons. The van der Waals surface area contributed by atoms with Crippen molar-refractivity contribution in [2.24, 2.45) is 23.7 Å². The number of benzene rings is 4. The van der Waals surface area contributed by atoms with Gasteiger partial charge < -0.3 is 9.84 Å². The normalized spacial score (nSPS) is 28.2. The van der Waals surface area contributed by atoms with Crippen LogP contribution in [0.25, 0.3) is 5.57 Å². The standard InChI is InChI=1S/C47H44N2O6/c1-55-39-19-11-18-35(44(39)52)42-33-20-21-34-41(46(54)49(45(34)53)32-22-24-48(25-23-32)28-29-12-5-2-6-13-29)37(33)26-38-43(51)36(30-14-7-3-8-15-30)27-40(50)47(38,42)31-16-9-4-10-17-31/h2-20,27,32,34,37-38,41-42,52H,21-26,28H2,1H3. The number of imide groups is 1. The van der Waals surface area contributed by atoms with Gasteiger partial charge in [0.25, 0.3) is 0 Å². The Morgan fingerprint density at radius 1 is 0.782 bits per heavy atom. The predicted octanol–water partition coefficient (Wildman–Crippen LogP) is 6.89. The van der Waals surface area contributed by atoms with Gasteiger partial charge >= 0.3 is 0 Å². The Morgan fingerprint density at radius 2 is 1.45 bits per heavy atom. The molecule has 0 spiro atoms. The van der Waals surface area contributed by atoms with Gasteiger partial charge in [0.05, 0.1) is 24.4 Å². The molecule has 8 heteroatoms. The fourth-order valence-corrected chi connectivity index (χ4v) is 10.7. The van der Waals surface area contributed by atoms with E-state index in [1.165, 1.54) is 18.7 Å². The number of hydrogen-bond donors (Lipinski definition) is 1. The Bertz CT molecular complexity index is 2230. The molecule has 8 nitrogen and oxygen atoms in total. The summed E-state index contributed by atoms with van der Waals surface area (Å²) in [4.78, 5) is 63.6. The number of likely N-dealkylation sites (tertiary alicyclic amines) is 2. The lowest BCUT2D eigenvalue weighted by Gasteiger charge is -2.55. The van der Waals surface area contributed by atoms with E-state index in [-0.39, 0.29) is 47.3 Å². The average molecular weight is 733 g/mol. The molecule has 1 N–H and O–H groups in total. The van der Waals surface area contributed by atoms with E-state index < -0.39 is 35.0 Å². The van der Waals surface area contributed by atoms with Crippen LogP contribution >= 0.6 is 0 Å². The van der Waals surface area contributed by atoms with Crippen LogP contribution in [0, 0.1) is 23.7 Å². The van der Waals surface area contributed by atoms with E-state index in [1.807, 2.05) is 84.9 Å². The number of phenols is 1. The van der Waals surface area contributed by atoms with Crippen LogP contribution in [0.4, 0.5) is 0 Å². The Labute approximate surface area is 321 Å². The highest BCUT2D eigenvalue weighted by Gasteiger charge is 2.66. The molecule has 4 aromatic carbocycles. The molecule has 55 heavy (non-hydrogen) atoms. The Hall–Kier alpha value is -5.60. The van der Waals surface area contributed by atoms with Gasteiger partial charge in [-0.25, -0.2) is 0 Å². The number of Topliss-reactive ketones (excluding diaryl/α,β-unsaturated/α-hetero) is 1. The van der Waals surface area contributed by atoms with Crippen LogP contribution < -0.4 is 4.74 Å². The lowest BCUT2D eigenvalue weighted by molar-refractivity contribution is -0.144. The third-order valence-corrected chi connectivity index (χ3v) is 13.1. The van der Waals surface area contributed by atoms with E-state index in [4.69, 9.17) is 4.74 Å². The van der Waals surface area contributed by atoms with E-state index in [2.05, 4.69) is 17.0 Å². The number of ketones is 2. The molecule has 2 aliphatic heterocycles. The first kappa shape index (κ1) is 35.1. The van der Waals surface area contributed by atoms with Crippen molar-refractivity contribution in [3.05, 3.63) is 149 Å². The number of piperidine rings is 1. The molecule has 3 fully saturated rings. The first-order valence-electron chi connectivity index (χ1n) is 19.4. The molecule has 6 unspecified atom stereocenters. The summed E-state index contributed by atoms with van der Waals surface area (Å²) in [6.45, 7) is 2.39. The Morgan fingerprint density at radius 3 is 2.15 bits per heavy atom. The number of hydrogen-bond acceptors (Lipinski definition) is 7. The number of para-hydroxylation sites is 1. The molecule has 0 aromatic heterocycles. The lowest BCUT2D eigenvalue weighted by atomic mass is 9.44. The molecule has 2 amide bonds. The second-order valence-corrected chi connectivity index (χ2v) is 15.7. The molecule has 278 valence electrons. The van der Waals surface area contributed by atoms with Crippen LogP contribution in [0.3, 0.4) is 0 Å². The molecule has 6 atom stereocenters. The maximum Gasteiger partial charge on any atom is 0.233 e. The minimum Gasteiger partial charge on any atom is -0.504 e. The van der Waals surface area contributed by atoms with Crippen LogP contribution in [-0.2, 0) is 31.1 Å². The van der Waals surface area contributed by atoms with Gasteiger partial charge in [-0.2, -0.15) is 0 Å². The van der Waals surface area contributed by atoms with Crippen molar-refractivity contribution in [3.8, 4) is 11.5 Å². The fraction of sp³-hybridized carbons (Fsp3) is 0.319. The third-order valence-electron chi connectivity index (χ3n) is 13.1. The van der Waals surface area contributed by atoms with Crippen LogP contribution in [-0.4, -0.2) is 64.5 Å². The van der Waals surface area contributed by atoms with Gasteiger partial charge in [0.2, 0.25) is 11.8 Å². The SMILES string of the molecule is COc1cccc(C2C3=CCC4C(=O)N(C5CCN(Cc6ccccc6)CC5)C(=O)C4C3CC3C(=O)C(c4ccccc4)=CC(=O)C32c2ccccc2)c1O. The van der Waals surface area contributed by atoms with Gasteiger partial charge in [-0.1, -0.05) is 115 Å². The number of allylic oxidation sites excluding steroid dienone is 4. The van der Waals surface area contributed by atoms with Crippen LogP contribution in [0.5, 0.6) is 11.5 Å². The topological polar surface area (TPSA) is 104 Å². The number of aromatic hydroxyl groups is 1. The molecule has 3 aliphatic carbocycles. The summed E-state index contributed by atoms with van der Waals surface area (Å²) in [6.07, 6.45) is 5.50. The zero-order valence-corrected chi connectivity index (χ0v) is 30.8. The number of fused-ring (bicyclic) bond motifs is 4. The number of methoxy groups -OCH3 is 1. The number of phenolic OH excluding ortho intramolecular Hbond substituents is 1. The third kappa shape index (κ3) is 5.52. The average Bonchev–Trinajstić information content (AvgIpc) is 3.48. The Balaban J connectivity index is 1.14. The highest BCUT2D eigenvalue weighted by molar-refractivity contribution is 6.31. The lowest BCUT2D eigenvalue weighted by Crippen LogP contribution is -2.59.